The number of methoxy groups -OCH3 is 1. The maximum Gasteiger partial charge on any atom is 0.228 e. The molecule has 2 aromatic rings. The second-order valence-corrected chi connectivity index (χ2v) is 5.60. The lowest BCUT2D eigenvalue weighted by Crippen LogP contribution is -2.24. The van der Waals surface area contributed by atoms with Gasteiger partial charge in [-0.3, -0.25) is 0 Å². The topological polar surface area (TPSA) is 63.2 Å². The van der Waals surface area contributed by atoms with Crippen LogP contribution in [0.15, 0.2) is 30.6 Å². The number of ether oxygens (including phenoxy) is 1. The maximum atomic E-state index is 5.16. The molecule has 1 aliphatic heterocycles. The van der Waals surface area contributed by atoms with E-state index in [2.05, 4.69) is 31.2 Å². The highest BCUT2D eigenvalue weighted by Gasteiger charge is 2.24. The van der Waals surface area contributed by atoms with E-state index in [0.717, 1.165) is 37.8 Å². The summed E-state index contributed by atoms with van der Waals surface area (Å²) in [6, 6.07) is 5.86. The first-order valence-corrected chi connectivity index (χ1v) is 7.53. The molecular formula is C16H21N5O. The van der Waals surface area contributed by atoms with Gasteiger partial charge in [-0.1, -0.05) is 6.07 Å². The molecule has 1 fully saturated rings. The lowest BCUT2D eigenvalue weighted by molar-refractivity contribution is 0.397. The fourth-order valence-corrected chi connectivity index (χ4v) is 2.60. The number of hydrogen-bond donors (Lipinski definition) is 1. The third-order valence-electron chi connectivity index (χ3n) is 3.88. The standard InChI is InChI=1S/C16H21N5O/c1-12-3-4-14(18-9-12)19-10-13-6-8-21(11-13)16-17-7-5-15(20-16)22-2/h3-5,7,9,13H,6,8,10-11H2,1-2H3,(H,18,19)/t13-/m1/s1. The van der Waals surface area contributed by atoms with Crippen molar-refractivity contribution in [2.75, 3.05) is 37.0 Å². The van der Waals surface area contributed by atoms with E-state index >= 15 is 0 Å². The first kappa shape index (κ1) is 14.6. The van der Waals surface area contributed by atoms with E-state index in [0.29, 0.717) is 11.8 Å². The van der Waals surface area contributed by atoms with Crippen molar-refractivity contribution in [2.24, 2.45) is 5.92 Å². The van der Waals surface area contributed by atoms with Gasteiger partial charge in [0.05, 0.1) is 7.11 Å². The quantitative estimate of drug-likeness (QED) is 0.912. The minimum Gasteiger partial charge on any atom is -0.481 e. The minimum atomic E-state index is 0.568. The monoisotopic (exact) mass is 299 g/mol. The minimum absolute atomic E-state index is 0.568. The summed E-state index contributed by atoms with van der Waals surface area (Å²) in [6.07, 6.45) is 4.75. The van der Waals surface area contributed by atoms with Gasteiger partial charge in [0, 0.05) is 38.1 Å². The van der Waals surface area contributed by atoms with Crippen molar-refractivity contribution in [2.45, 2.75) is 13.3 Å². The third kappa shape index (κ3) is 3.44. The Morgan fingerprint density at radius 1 is 1.32 bits per heavy atom. The first-order valence-electron chi connectivity index (χ1n) is 7.53. The highest BCUT2D eigenvalue weighted by molar-refractivity contribution is 5.37. The molecule has 0 aliphatic carbocycles. The summed E-state index contributed by atoms with van der Waals surface area (Å²) in [5.41, 5.74) is 1.17. The predicted molar refractivity (Wildman–Crippen MR) is 86.4 cm³/mol. The maximum absolute atomic E-state index is 5.16. The molecule has 1 aliphatic rings. The predicted octanol–water partition coefficient (Wildman–Crippen LogP) is 2.13. The molecule has 116 valence electrons. The second-order valence-electron chi connectivity index (χ2n) is 5.60. The molecule has 0 aromatic carbocycles. The van der Waals surface area contributed by atoms with Crippen molar-refractivity contribution < 1.29 is 4.74 Å². The van der Waals surface area contributed by atoms with Crippen LogP contribution in [-0.4, -0.2) is 41.7 Å². The van der Waals surface area contributed by atoms with Crippen molar-refractivity contribution in [3.63, 3.8) is 0 Å². The zero-order valence-electron chi connectivity index (χ0n) is 13.0. The second kappa shape index (κ2) is 6.60. The molecule has 0 amide bonds. The molecule has 0 unspecified atom stereocenters. The van der Waals surface area contributed by atoms with E-state index in [1.807, 2.05) is 19.2 Å². The van der Waals surface area contributed by atoms with Gasteiger partial charge in [0.1, 0.15) is 5.82 Å². The van der Waals surface area contributed by atoms with Crippen LogP contribution < -0.4 is 15.0 Å². The van der Waals surface area contributed by atoms with Gasteiger partial charge in [-0.15, -0.1) is 0 Å². The van der Waals surface area contributed by atoms with Crippen molar-refractivity contribution in [1.29, 1.82) is 0 Å². The highest BCUT2D eigenvalue weighted by atomic mass is 16.5. The number of nitrogens with zero attached hydrogens (tertiary/aromatic N) is 4. The van der Waals surface area contributed by atoms with Gasteiger partial charge in [-0.2, -0.15) is 4.98 Å². The average Bonchev–Trinajstić information content (AvgIpc) is 3.03. The van der Waals surface area contributed by atoms with E-state index in [-0.39, 0.29) is 0 Å². The molecule has 3 rings (SSSR count). The van der Waals surface area contributed by atoms with Gasteiger partial charge >= 0.3 is 0 Å². The molecule has 1 atom stereocenters. The Bertz CT molecular complexity index is 616. The molecule has 2 aromatic heterocycles. The molecule has 0 radical (unpaired) electrons. The summed E-state index contributed by atoms with van der Waals surface area (Å²) in [5.74, 6) is 2.85. The average molecular weight is 299 g/mol. The van der Waals surface area contributed by atoms with Crippen LogP contribution in [0.2, 0.25) is 0 Å². The number of anilines is 2. The van der Waals surface area contributed by atoms with Crippen LogP contribution >= 0.6 is 0 Å². The zero-order valence-corrected chi connectivity index (χ0v) is 13.0. The number of aromatic nitrogens is 3. The molecule has 6 nitrogen and oxygen atoms in total. The Hall–Kier alpha value is -2.37. The van der Waals surface area contributed by atoms with Crippen molar-refractivity contribution >= 4 is 11.8 Å². The molecule has 0 spiro atoms. The Morgan fingerprint density at radius 3 is 3.00 bits per heavy atom. The number of hydrogen-bond acceptors (Lipinski definition) is 6. The van der Waals surface area contributed by atoms with Crippen LogP contribution in [0.25, 0.3) is 0 Å². The van der Waals surface area contributed by atoms with Crippen molar-refractivity contribution in [1.82, 2.24) is 15.0 Å². The molecule has 0 bridgehead atoms. The van der Waals surface area contributed by atoms with E-state index in [4.69, 9.17) is 4.74 Å². The van der Waals surface area contributed by atoms with Crippen LogP contribution in [0.3, 0.4) is 0 Å². The molecule has 22 heavy (non-hydrogen) atoms. The fourth-order valence-electron chi connectivity index (χ4n) is 2.60. The summed E-state index contributed by atoms with van der Waals surface area (Å²) in [7, 11) is 1.62. The van der Waals surface area contributed by atoms with Crippen LogP contribution in [0.5, 0.6) is 5.88 Å². The van der Waals surface area contributed by atoms with E-state index in [1.54, 1.807) is 19.4 Å². The lowest BCUT2D eigenvalue weighted by atomic mass is 10.1. The van der Waals surface area contributed by atoms with Gasteiger partial charge in [-0.05, 0) is 30.9 Å². The fraction of sp³-hybridized carbons (Fsp3) is 0.438. The number of nitrogens with one attached hydrogen (secondary N) is 1. The molecule has 6 heteroatoms. The zero-order chi connectivity index (χ0) is 15.4. The summed E-state index contributed by atoms with van der Waals surface area (Å²) < 4.78 is 5.16. The Kier molecular flexibility index (Phi) is 4.37. The Balaban J connectivity index is 1.54. The number of aryl methyl sites for hydroxylation is 1. The third-order valence-corrected chi connectivity index (χ3v) is 3.88. The SMILES string of the molecule is COc1ccnc(N2CC[C@H](CNc3ccc(C)cn3)C2)n1. The normalized spacial score (nSPS) is 17.5. The molecule has 1 saturated heterocycles. The number of pyridine rings is 1. The van der Waals surface area contributed by atoms with Gasteiger partial charge in [-0.25, -0.2) is 9.97 Å². The summed E-state index contributed by atoms with van der Waals surface area (Å²) >= 11 is 0. The highest BCUT2D eigenvalue weighted by Crippen LogP contribution is 2.22. The summed E-state index contributed by atoms with van der Waals surface area (Å²) in [4.78, 5) is 15.3. The van der Waals surface area contributed by atoms with Crippen LogP contribution in [0.4, 0.5) is 11.8 Å². The van der Waals surface area contributed by atoms with E-state index in [1.165, 1.54) is 5.56 Å². The van der Waals surface area contributed by atoms with Crippen LogP contribution in [0.1, 0.15) is 12.0 Å². The van der Waals surface area contributed by atoms with Gasteiger partial charge in [0.15, 0.2) is 0 Å². The van der Waals surface area contributed by atoms with Crippen LogP contribution in [0, 0.1) is 12.8 Å². The van der Waals surface area contributed by atoms with E-state index in [9.17, 15) is 0 Å². The van der Waals surface area contributed by atoms with Gasteiger partial charge < -0.3 is 15.0 Å². The molecule has 1 N–H and O–H groups in total. The Morgan fingerprint density at radius 2 is 2.23 bits per heavy atom. The summed E-state index contributed by atoms with van der Waals surface area (Å²) in [6.45, 7) is 4.88. The smallest absolute Gasteiger partial charge is 0.228 e. The molecule has 0 saturated carbocycles. The van der Waals surface area contributed by atoms with Gasteiger partial charge in [0.25, 0.3) is 0 Å². The van der Waals surface area contributed by atoms with Crippen LogP contribution in [-0.2, 0) is 0 Å². The van der Waals surface area contributed by atoms with Crippen molar-refractivity contribution in [3.05, 3.63) is 36.2 Å². The van der Waals surface area contributed by atoms with E-state index < -0.39 is 0 Å². The Labute approximate surface area is 130 Å². The molecular weight excluding hydrogens is 278 g/mol. The van der Waals surface area contributed by atoms with Crippen molar-refractivity contribution in [3.8, 4) is 5.88 Å². The molecule has 3 heterocycles. The number of rotatable bonds is 5. The largest absolute Gasteiger partial charge is 0.481 e. The first-order chi connectivity index (χ1) is 10.7. The lowest BCUT2D eigenvalue weighted by Gasteiger charge is -2.17. The van der Waals surface area contributed by atoms with Gasteiger partial charge in [0.2, 0.25) is 11.8 Å². The summed E-state index contributed by atoms with van der Waals surface area (Å²) in [5, 5.41) is 3.41.